The molecule has 1 aliphatic carbocycles. The molecule has 0 fully saturated rings. The summed E-state index contributed by atoms with van der Waals surface area (Å²) in [6.07, 6.45) is 7.92. The molecule has 11 rings (SSSR count). The van der Waals surface area contributed by atoms with E-state index in [9.17, 15) is 0 Å². The summed E-state index contributed by atoms with van der Waals surface area (Å²) in [6.45, 7) is 0. The molecule has 3 nitrogen and oxygen atoms in total. The molecule has 0 bridgehead atoms. The van der Waals surface area contributed by atoms with Gasteiger partial charge in [-0.25, -0.2) is 0 Å². The molecule has 0 saturated heterocycles. The van der Waals surface area contributed by atoms with Crippen LogP contribution < -0.4 is 4.90 Å². The van der Waals surface area contributed by atoms with E-state index in [2.05, 4.69) is 187 Å². The van der Waals surface area contributed by atoms with Crippen molar-refractivity contribution in [3.05, 3.63) is 218 Å². The highest BCUT2D eigenvalue weighted by molar-refractivity contribution is 6.10. The summed E-state index contributed by atoms with van der Waals surface area (Å²) >= 11 is 0. The van der Waals surface area contributed by atoms with Crippen molar-refractivity contribution in [1.82, 2.24) is 0 Å². The predicted molar refractivity (Wildman–Crippen MR) is 237 cm³/mol. The zero-order valence-corrected chi connectivity index (χ0v) is 31.2. The molecule has 0 N–H and O–H groups in total. The molecule has 1 aliphatic rings. The van der Waals surface area contributed by atoms with Crippen molar-refractivity contribution in [2.45, 2.75) is 12.3 Å². The molecule has 3 heteroatoms. The van der Waals surface area contributed by atoms with Gasteiger partial charge in [-0.15, -0.1) is 0 Å². The van der Waals surface area contributed by atoms with Crippen LogP contribution in [0.5, 0.6) is 0 Å². The van der Waals surface area contributed by atoms with Crippen LogP contribution in [0, 0.1) is 0 Å². The second-order valence-corrected chi connectivity index (χ2v) is 14.8. The fourth-order valence-electron chi connectivity index (χ4n) is 8.55. The van der Waals surface area contributed by atoms with Gasteiger partial charge < -0.3 is 13.7 Å². The molecule has 57 heavy (non-hydrogen) atoms. The van der Waals surface area contributed by atoms with Gasteiger partial charge in [-0.2, -0.15) is 0 Å². The number of furan rings is 2. The Hall–Kier alpha value is -7.36. The highest BCUT2D eigenvalue weighted by Gasteiger charge is 2.20. The topological polar surface area (TPSA) is 29.5 Å². The summed E-state index contributed by atoms with van der Waals surface area (Å²) in [6, 6.07) is 66.7. The summed E-state index contributed by atoms with van der Waals surface area (Å²) in [5.74, 6) is 0.304. The van der Waals surface area contributed by atoms with Gasteiger partial charge >= 0.3 is 0 Å². The lowest BCUT2D eigenvalue weighted by molar-refractivity contribution is 0.669. The number of hydrogen-bond acceptors (Lipinski definition) is 3. The van der Waals surface area contributed by atoms with Crippen LogP contribution in [0.4, 0.5) is 11.4 Å². The van der Waals surface area contributed by atoms with Crippen LogP contribution in [-0.2, 0) is 0 Å². The Labute approximate surface area is 331 Å². The third kappa shape index (κ3) is 5.84. The number of fused-ring (bicyclic) bond motifs is 6. The van der Waals surface area contributed by atoms with Crippen molar-refractivity contribution in [3.8, 4) is 33.4 Å². The fourth-order valence-corrected chi connectivity index (χ4v) is 8.55. The lowest BCUT2D eigenvalue weighted by Gasteiger charge is -2.29. The number of benzene rings is 8. The minimum atomic E-state index is 0.304. The number of rotatable bonds is 7. The van der Waals surface area contributed by atoms with Crippen LogP contribution in [-0.4, -0.2) is 0 Å². The lowest BCUT2D eigenvalue weighted by atomic mass is 9.90. The molecule has 0 amide bonds. The van der Waals surface area contributed by atoms with Gasteiger partial charge in [0.25, 0.3) is 0 Å². The Morgan fingerprint density at radius 2 is 0.877 bits per heavy atom. The highest BCUT2D eigenvalue weighted by atomic mass is 16.3. The van der Waals surface area contributed by atoms with Crippen molar-refractivity contribution in [3.63, 3.8) is 0 Å². The van der Waals surface area contributed by atoms with Crippen LogP contribution in [0.2, 0.25) is 0 Å². The second kappa shape index (κ2) is 13.7. The summed E-state index contributed by atoms with van der Waals surface area (Å²) in [7, 11) is 0. The molecule has 0 spiro atoms. The maximum absolute atomic E-state index is 6.41. The quantitative estimate of drug-likeness (QED) is 0.163. The van der Waals surface area contributed by atoms with Gasteiger partial charge in [0.1, 0.15) is 22.3 Å². The molecule has 2 heterocycles. The first-order chi connectivity index (χ1) is 28.2. The van der Waals surface area contributed by atoms with Gasteiger partial charge in [0.15, 0.2) is 0 Å². The van der Waals surface area contributed by atoms with E-state index in [1.54, 1.807) is 0 Å². The normalized spacial score (nSPS) is 14.1. The Kier molecular flexibility index (Phi) is 7.96. The molecule has 0 aliphatic heterocycles. The van der Waals surface area contributed by atoms with E-state index in [0.29, 0.717) is 5.92 Å². The van der Waals surface area contributed by atoms with Gasteiger partial charge in [-0.3, -0.25) is 0 Å². The monoisotopic (exact) mass is 731 g/mol. The first-order valence-electron chi connectivity index (χ1n) is 19.6. The average Bonchev–Trinajstić information content (AvgIpc) is 3.87. The molecule has 1 atom stereocenters. The van der Waals surface area contributed by atoms with E-state index in [-0.39, 0.29) is 0 Å². The van der Waals surface area contributed by atoms with E-state index in [0.717, 1.165) is 89.6 Å². The van der Waals surface area contributed by atoms with E-state index < -0.39 is 0 Å². The smallest absolute Gasteiger partial charge is 0.143 e. The molecule has 1 unspecified atom stereocenters. The lowest BCUT2D eigenvalue weighted by Crippen LogP contribution is -2.17. The summed E-state index contributed by atoms with van der Waals surface area (Å²) in [4.78, 5) is 2.36. The molecule has 2 aromatic heterocycles. The van der Waals surface area contributed by atoms with Gasteiger partial charge in [-0.1, -0.05) is 164 Å². The minimum Gasteiger partial charge on any atom is -0.455 e. The van der Waals surface area contributed by atoms with Crippen LogP contribution in [0.1, 0.15) is 17.9 Å². The zero-order chi connectivity index (χ0) is 37.7. The SMILES string of the molecule is C1=CC(c2ccc(-c3ccccc3)cc2)CC=C1N(c1ccc(-c2cccc3c2oc2ccccc23)cc1)c1ccc(-c2cccc3c2oc2ccccc23)cc1. The summed E-state index contributed by atoms with van der Waals surface area (Å²) < 4.78 is 12.8. The summed E-state index contributed by atoms with van der Waals surface area (Å²) in [5.41, 5.74) is 15.2. The third-order valence-corrected chi connectivity index (χ3v) is 11.5. The van der Waals surface area contributed by atoms with E-state index >= 15 is 0 Å². The molecule has 10 aromatic rings. The first-order valence-corrected chi connectivity index (χ1v) is 19.6. The third-order valence-electron chi connectivity index (χ3n) is 11.5. The Morgan fingerprint density at radius 1 is 0.404 bits per heavy atom. The Bertz CT molecular complexity index is 2970. The first kappa shape index (κ1) is 33.0. The van der Waals surface area contributed by atoms with Gasteiger partial charge in [-0.05, 0) is 76.7 Å². The van der Waals surface area contributed by atoms with Crippen LogP contribution >= 0.6 is 0 Å². The molecule has 270 valence electrons. The molecule has 0 saturated carbocycles. The zero-order valence-electron chi connectivity index (χ0n) is 31.2. The number of anilines is 2. The number of hydrogen-bond donors (Lipinski definition) is 0. The largest absolute Gasteiger partial charge is 0.455 e. The van der Waals surface area contributed by atoms with Crippen molar-refractivity contribution in [2.75, 3.05) is 4.90 Å². The number of nitrogens with zero attached hydrogens (tertiary/aromatic N) is 1. The van der Waals surface area contributed by atoms with Gasteiger partial charge in [0, 0.05) is 55.7 Å². The number of allylic oxidation sites excluding steroid dienone is 3. The maximum Gasteiger partial charge on any atom is 0.143 e. The average molecular weight is 732 g/mol. The maximum atomic E-state index is 6.41. The van der Waals surface area contributed by atoms with Gasteiger partial charge in [0.2, 0.25) is 0 Å². The predicted octanol–water partition coefficient (Wildman–Crippen LogP) is 15.3. The standard InChI is InChI=1S/C54H37NO2/c1-2-10-36(11-3-1)37-20-22-38(23-21-37)39-24-30-42(31-25-39)55(43-32-26-40(27-33-43)45-14-8-16-49-47-12-4-6-18-51(47)56-53(45)49)44-34-28-41(29-35-44)46-15-9-17-50-48-13-5-7-19-52(48)57-54(46)50/h1-24,26-35,39H,25H2. The van der Waals surface area contributed by atoms with E-state index in [1.807, 2.05) is 24.3 Å². The summed E-state index contributed by atoms with van der Waals surface area (Å²) in [5, 5.41) is 4.54. The Balaban J connectivity index is 0.948. The number of para-hydroxylation sites is 4. The molecular weight excluding hydrogens is 695 g/mol. The Morgan fingerprint density at radius 3 is 1.40 bits per heavy atom. The fraction of sp³-hybridized carbons (Fsp3) is 0.0370. The minimum absolute atomic E-state index is 0.304. The van der Waals surface area contributed by atoms with Crippen LogP contribution in [0.15, 0.2) is 221 Å². The van der Waals surface area contributed by atoms with Gasteiger partial charge in [0.05, 0.1) is 0 Å². The van der Waals surface area contributed by atoms with E-state index in [4.69, 9.17) is 8.83 Å². The molecule has 0 radical (unpaired) electrons. The second-order valence-electron chi connectivity index (χ2n) is 14.8. The molecular formula is C54H37NO2. The van der Waals surface area contributed by atoms with E-state index in [1.165, 1.54) is 16.7 Å². The van der Waals surface area contributed by atoms with Crippen LogP contribution in [0.25, 0.3) is 77.3 Å². The molecule has 8 aromatic carbocycles. The van der Waals surface area contributed by atoms with Crippen molar-refractivity contribution >= 4 is 55.3 Å². The highest BCUT2D eigenvalue weighted by Crippen LogP contribution is 2.41. The van der Waals surface area contributed by atoms with Crippen LogP contribution in [0.3, 0.4) is 0 Å². The van der Waals surface area contributed by atoms with Crippen molar-refractivity contribution in [2.24, 2.45) is 0 Å². The van der Waals surface area contributed by atoms with Crippen molar-refractivity contribution < 1.29 is 8.83 Å². The van der Waals surface area contributed by atoms with Crippen molar-refractivity contribution in [1.29, 1.82) is 0 Å².